The third-order valence-electron chi connectivity index (χ3n) is 6.13. The minimum atomic E-state index is -1.66. The molecular weight excluding hydrogens is 500 g/mol. The van der Waals surface area contributed by atoms with Crippen molar-refractivity contribution in [3.8, 4) is 0 Å². The van der Waals surface area contributed by atoms with Crippen LogP contribution in [0.5, 0.6) is 0 Å². The van der Waals surface area contributed by atoms with Crippen molar-refractivity contribution < 1.29 is 39.0 Å². The Hall–Kier alpha value is -4.46. The quantitative estimate of drug-likeness (QED) is 0.149. The molecule has 5 unspecified atom stereocenters. The lowest BCUT2D eigenvalue weighted by molar-refractivity contribution is -0.145. The highest BCUT2D eigenvalue weighted by molar-refractivity contribution is 5.98. The van der Waals surface area contributed by atoms with Crippen molar-refractivity contribution in [1.82, 2.24) is 26.3 Å². The lowest BCUT2D eigenvalue weighted by atomic mass is 10.0. The van der Waals surface area contributed by atoms with Crippen molar-refractivity contribution in [2.24, 2.45) is 5.73 Å². The zero-order valence-corrected chi connectivity index (χ0v) is 20.5. The molecule has 14 heteroatoms. The average Bonchev–Trinajstić information content (AvgIpc) is 3.47. The maximum Gasteiger partial charge on any atom is 0.328 e. The second kappa shape index (κ2) is 12.2. The third-order valence-corrected chi connectivity index (χ3v) is 6.13. The summed E-state index contributed by atoms with van der Waals surface area (Å²) in [6.45, 7) is 1.19. The first-order chi connectivity index (χ1) is 18.0. The van der Waals surface area contributed by atoms with Crippen LogP contribution in [0.2, 0.25) is 0 Å². The Morgan fingerprint density at radius 2 is 1.76 bits per heavy atom. The van der Waals surface area contributed by atoms with Gasteiger partial charge in [0.1, 0.15) is 18.1 Å². The van der Waals surface area contributed by atoms with Crippen molar-refractivity contribution in [3.63, 3.8) is 0 Å². The molecule has 2 heterocycles. The van der Waals surface area contributed by atoms with E-state index in [1.54, 1.807) is 30.5 Å². The lowest BCUT2D eigenvalue weighted by Crippen LogP contribution is -2.59. The van der Waals surface area contributed by atoms with Gasteiger partial charge in [-0.15, -0.1) is 0 Å². The van der Waals surface area contributed by atoms with Gasteiger partial charge in [0.15, 0.2) is 6.04 Å². The molecule has 0 saturated carbocycles. The normalized spacial score (nSPS) is 18.1. The largest absolute Gasteiger partial charge is 0.480 e. The number of H-pyrrole nitrogens is 1. The van der Waals surface area contributed by atoms with E-state index < -0.39 is 66.3 Å². The number of aromatic nitrogens is 1. The molecule has 204 valence electrons. The summed E-state index contributed by atoms with van der Waals surface area (Å²) < 4.78 is 0. The minimum Gasteiger partial charge on any atom is -0.480 e. The van der Waals surface area contributed by atoms with Crippen LogP contribution in [0, 0.1) is 0 Å². The third kappa shape index (κ3) is 7.06. The second-order valence-corrected chi connectivity index (χ2v) is 9.08. The SMILES string of the molecule is CC(O)C(NC(=O)C(Cc1c[nH]c2ccccc12)NC(=O)C(CC(N)=O)NC(=O)C1CCC(=O)N1)C(=O)O. The molecule has 0 aliphatic carbocycles. The fourth-order valence-electron chi connectivity index (χ4n) is 4.14. The number of primary amides is 1. The topological polar surface area (TPSA) is 233 Å². The van der Waals surface area contributed by atoms with Crippen LogP contribution in [0.1, 0.15) is 31.7 Å². The second-order valence-electron chi connectivity index (χ2n) is 9.08. The van der Waals surface area contributed by atoms with Gasteiger partial charge in [0.05, 0.1) is 12.5 Å². The number of carbonyl (C=O) groups is 6. The van der Waals surface area contributed by atoms with Crippen LogP contribution in [0.3, 0.4) is 0 Å². The molecule has 2 aromatic rings. The summed E-state index contributed by atoms with van der Waals surface area (Å²) in [4.78, 5) is 76.5. The van der Waals surface area contributed by atoms with Gasteiger partial charge in [0, 0.05) is 29.9 Å². The van der Waals surface area contributed by atoms with Gasteiger partial charge in [-0.25, -0.2) is 4.79 Å². The first-order valence-electron chi connectivity index (χ1n) is 11.9. The Labute approximate surface area is 216 Å². The molecule has 0 radical (unpaired) electrons. The number of nitrogens with one attached hydrogen (secondary N) is 5. The smallest absolute Gasteiger partial charge is 0.328 e. The molecule has 1 aromatic heterocycles. The van der Waals surface area contributed by atoms with E-state index in [9.17, 15) is 39.0 Å². The first-order valence-corrected chi connectivity index (χ1v) is 11.9. The monoisotopic (exact) mass is 530 g/mol. The van der Waals surface area contributed by atoms with Crippen LogP contribution in [0.4, 0.5) is 0 Å². The maximum atomic E-state index is 13.2. The van der Waals surface area contributed by atoms with Crippen LogP contribution in [-0.4, -0.2) is 81.0 Å². The van der Waals surface area contributed by atoms with E-state index in [0.717, 1.165) is 10.9 Å². The van der Waals surface area contributed by atoms with Crippen LogP contribution in [-0.2, 0) is 35.2 Å². The van der Waals surface area contributed by atoms with Crippen molar-refractivity contribution >= 4 is 46.4 Å². The van der Waals surface area contributed by atoms with Crippen molar-refractivity contribution in [3.05, 3.63) is 36.0 Å². The molecule has 1 aliphatic heterocycles. The van der Waals surface area contributed by atoms with Gasteiger partial charge in [-0.2, -0.15) is 0 Å². The highest BCUT2D eigenvalue weighted by Crippen LogP contribution is 2.19. The number of nitrogens with two attached hydrogens (primary N) is 1. The first kappa shape index (κ1) is 28.1. The molecule has 14 nitrogen and oxygen atoms in total. The molecule has 5 atom stereocenters. The van der Waals surface area contributed by atoms with Crippen LogP contribution >= 0.6 is 0 Å². The zero-order chi connectivity index (χ0) is 28.0. The number of hydrogen-bond donors (Lipinski definition) is 8. The number of benzene rings is 1. The molecule has 0 spiro atoms. The summed E-state index contributed by atoms with van der Waals surface area (Å²) in [7, 11) is 0. The average molecular weight is 531 g/mol. The molecule has 1 saturated heterocycles. The van der Waals surface area contributed by atoms with E-state index >= 15 is 0 Å². The fourth-order valence-corrected chi connectivity index (χ4v) is 4.14. The lowest BCUT2D eigenvalue weighted by Gasteiger charge is -2.25. The summed E-state index contributed by atoms with van der Waals surface area (Å²) in [6.07, 6.45) is -0.159. The van der Waals surface area contributed by atoms with Gasteiger partial charge in [-0.05, 0) is 25.0 Å². The Bertz CT molecular complexity index is 1240. The number of amides is 5. The highest BCUT2D eigenvalue weighted by atomic mass is 16.4. The molecule has 9 N–H and O–H groups in total. The molecule has 1 fully saturated rings. The molecule has 1 aromatic carbocycles. The van der Waals surface area contributed by atoms with Crippen LogP contribution < -0.4 is 27.0 Å². The summed E-state index contributed by atoms with van der Waals surface area (Å²) in [6, 6.07) is 1.80. The van der Waals surface area contributed by atoms with Gasteiger partial charge in [-0.3, -0.25) is 24.0 Å². The molecule has 0 bridgehead atoms. The molecule has 5 amide bonds. The summed E-state index contributed by atoms with van der Waals surface area (Å²) in [5.74, 6) is -5.26. The fraction of sp³-hybridized carbons (Fsp3) is 0.417. The van der Waals surface area contributed by atoms with Crippen LogP contribution in [0.25, 0.3) is 10.9 Å². The van der Waals surface area contributed by atoms with Gasteiger partial charge in [0.2, 0.25) is 29.5 Å². The van der Waals surface area contributed by atoms with Crippen molar-refractivity contribution in [1.29, 1.82) is 0 Å². The van der Waals surface area contributed by atoms with E-state index in [-0.39, 0.29) is 25.2 Å². The number of fused-ring (bicyclic) bond motifs is 1. The number of aliphatic hydroxyl groups is 1. The number of rotatable bonds is 12. The van der Waals surface area contributed by atoms with Crippen LogP contribution in [0.15, 0.2) is 30.5 Å². The van der Waals surface area contributed by atoms with Crippen molar-refractivity contribution in [2.45, 2.75) is 62.9 Å². The van der Waals surface area contributed by atoms with Crippen molar-refractivity contribution in [2.75, 3.05) is 0 Å². The Morgan fingerprint density at radius 1 is 1.08 bits per heavy atom. The number of aliphatic hydroxyl groups excluding tert-OH is 1. The number of aromatic amines is 1. The minimum absolute atomic E-state index is 0.0936. The number of hydrogen-bond acceptors (Lipinski definition) is 7. The number of aliphatic carboxylic acids is 1. The Kier molecular flexibility index (Phi) is 9.02. The summed E-state index contributed by atoms with van der Waals surface area (Å²) in [5.41, 5.74) is 6.64. The molecule has 38 heavy (non-hydrogen) atoms. The number of carbonyl (C=O) groups excluding carboxylic acids is 5. The Morgan fingerprint density at radius 3 is 2.37 bits per heavy atom. The predicted molar refractivity (Wildman–Crippen MR) is 132 cm³/mol. The van der Waals surface area contributed by atoms with Gasteiger partial charge >= 0.3 is 5.97 Å². The molecular formula is C24H30N6O8. The summed E-state index contributed by atoms with van der Waals surface area (Å²) in [5, 5.41) is 29.4. The summed E-state index contributed by atoms with van der Waals surface area (Å²) >= 11 is 0. The number of carboxylic acid groups (broad SMARTS) is 1. The zero-order valence-electron chi connectivity index (χ0n) is 20.5. The van der Waals surface area contributed by atoms with Gasteiger partial charge < -0.3 is 42.2 Å². The molecule has 1 aliphatic rings. The highest BCUT2D eigenvalue weighted by Gasteiger charge is 2.34. The van der Waals surface area contributed by atoms with E-state index in [0.29, 0.717) is 5.56 Å². The van der Waals surface area contributed by atoms with Gasteiger partial charge in [0.25, 0.3) is 0 Å². The number of carboxylic acids is 1. The standard InChI is InChI=1S/C24H30N6O8/c1-11(31)20(24(37)38)30-23(36)16(8-12-10-26-14-5-3-2-4-13(12)14)28-22(35)17(9-18(25)32)29-21(34)15-6-7-19(33)27-15/h2-5,10-11,15-17,20,26,31H,6-9H2,1H3,(H2,25,32)(H,27,33)(H,28,35)(H,29,34)(H,30,36)(H,37,38). The Balaban J connectivity index is 1.84. The van der Waals surface area contributed by atoms with E-state index in [1.807, 2.05) is 0 Å². The molecule has 3 rings (SSSR count). The van der Waals surface area contributed by atoms with E-state index in [4.69, 9.17) is 5.73 Å². The van der Waals surface area contributed by atoms with Gasteiger partial charge in [-0.1, -0.05) is 18.2 Å². The van der Waals surface area contributed by atoms with E-state index in [2.05, 4.69) is 26.3 Å². The number of para-hydroxylation sites is 1. The van der Waals surface area contributed by atoms with E-state index in [1.165, 1.54) is 6.92 Å². The predicted octanol–water partition coefficient (Wildman–Crippen LogP) is -2.22. The maximum absolute atomic E-state index is 13.2.